The Bertz CT molecular complexity index is 509. The molecule has 1 aromatic carbocycles. The highest BCUT2D eigenvalue weighted by molar-refractivity contribution is 7.13. The van der Waals surface area contributed by atoms with Crippen LogP contribution in [0.1, 0.15) is 24.2 Å². The molecule has 0 saturated carbocycles. The van der Waals surface area contributed by atoms with Gasteiger partial charge in [0.1, 0.15) is 5.75 Å². The first kappa shape index (κ1) is 17.5. The van der Waals surface area contributed by atoms with Crippen LogP contribution in [0.4, 0.5) is 5.69 Å². The zero-order valence-electron chi connectivity index (χ0n) is 11.1. The first-order chi connectivity index (χ1) is 9.54. The van der Waals surface area contributed by atoms with E-state index in [9.17, 15) is 4.79 Å². The highest BCUT2D eigenvalue weighted by Crippen LogP contribution is 2.35. The van der Waals surface area contributed by atoms with E-state index in [2.05, 4.69) is 33.4 Å². The van der Waals surface area contributed by atoms with Gasteiger partial charge in [0.25, 0.3) is 0 Å². The second-order valence-corrected chi connectivity index (χ2v) is 4.99. The van der Waals surface area contributed by atoms with Crippen LogP contribution in [0.5, 0.6) is 5.75 Å². The van der Waals surface area contributed by atoms with Crippen LogP contribution in [0.2, 0.25) is 0 Å². The molecule has 20 heavy (non-hydrogen) atoms. The summed E-state index contributed by atoms with van der Waals surface area (Å²) in [5.74, 6) is 0.475. The van der Waals surface area contributed by atoms with E-state index in [0.717, 1.165) is 5.56 Å². The summed E-state index contributed by atoms with van der Waals surface area (Å²) in [5.41, 5.74) is 8.13. The lowest BCUT2D eigenvalue weighted by molar-refractivity contribution is -0.112. The van der Waals surface area contributed by atoms with Crippen LogP contribution in [-0.2, 0) is 9.32 Å². The zero-order chi connectivity index (χ0) is 15.1. The number of hydrogen-bond donors (Lipinski definition) is 2. The molecular formula is C12H19N2O3P3. The number of ketones is 1. The van der Waals surface area contributed by atoms with Crippen molar-refractivity contribution < 1.29 is 13.8 Å². The van der Waals surface area contributed by atoms with E-state index in [1.54, 1.807) is 12.1 Å². The van der Waals surface area contributed by atoms with Gasteiger partial charge in [-0.1, -0.05) is 15.5 Å². The molecule has 5 nitrogen and oxygen atoms in total. The molecule has 3 N–H and O–H groups in total. The van der Waals surface area contributed by atoms with Crippen LogP contribution in [0.15, 0.2) is 18.2 Å². The van der Waals surface area contributed by atoms with E-state index in [-0.39, 0.29) is 11.9 Å². The summed E-state index contributed by atoms with van der Waals surface area (Å²) in [6, 6.07) is 3.63. The summed E-state index contributed by atoms with van der Waals surface area (Å²) in [6.45, 7) is 2.06. The van der Waals surface area contributed by atoms with Gasteiger partial charge in [0, 0.05) is 21.6 Å². The van der Waals surface area contributed by atoms with Crippen molar-refractivity contribution >= 4 is 45.9 Å². The third kappa shape index (κ3) is 4.48. The summed E-state index contributed by atoms with van der Waals surface area (Å²) in [4.78, 5) is 11.1. The van der Waals surface area contributed by atoms with Crippen molar-refractivity contribution in [3.05, 3.63) is 29.3 Å². The minimum Gasteiger partial charge on any atom is -0.478 e. The molecule has 4 atom stereocenters. The lowest BCUT2D eigenvalue weighted by Crippen LogP contribution is -2.14. The minimum absolute atomic E-state index is 0.0555. The first-order valence-electron chi connectivity index (χ1n) is 5.81. The van der Waals surface area contributed by atoms with Gasteiger partial charge in [0.15, 0.2) is 5.78 Å². The van der Waals surface area contributed by atoms with Crippen LogP contribution >= 0.6 is 28.3 Å². The first-order valence-corrected chi connectivity index (χ1v) is 7.33. The maximum Gasteiger partial charge on any atom is 0.152 e. The monoisotopic (exact) mass is 332 g/mol. The molecule has 110 valence electrons. The number of carbonyl (C=O) groups excluding carboxylic acids is 1. The lowest BCUT2D eigenvalue weighted by Gasteiger charge is -2.20. The number of nitrogens with two attached hydrogens (primary N) is 1. The summed E-state index contributed by atoms with van der Waals surface area (Å²) in [6.07, 6.45) is 2.93. The fourth-order valence-electron chi connectivity index (χ4n) is 1.74. The molecule has 8 heteroatoms. The topological polar surface area (TPSA) is 73.6 Å². The second-order valence-electron chi connectivity index (χ2n) is 4.08. The molecule has 0 spiro atoms. The van der Waals surface area contributed by atoms with E-state index < -0.39 is 0 Å². The molecular weight excluding hydrogens is 313 g/mol. The number of nitrogen functional groups attached to an aromatic ring is 1. The number of carbonyl (C=O) groups is 1. The van der Waals surface area contributed by atoms with E-state index in [1.165, 1.54) is 13.0 Å². The van der Waals surface area contributed by atoms with Gasteiger partial charge in [-0.2, -0.15) is 0 Å². The highest BCUT2D eigenvalue weighted by Gasteiger charge is 2.17. The molecule has 0 amide bonds. The Hall–Kier alpha value is -0.560. The van der Waals surface area contributed by atoms with Gasteiger partial charge >= 0.3 is 0 Å². The van der Waals surface area contributed by atoms with Gasteiger partial charge < -0.3 is 14.8 Å². The molecule has 3 unspecified atom stereocenters. The summed E-state index contributed by atoms with van der Waals surface area (Å²) >= 11 is 0. The van der Waals surface area contributed by atoms with Crippen molar-refractivity contribution in [3.63, 3.8) is 0 Å². The second kappa shape index (κ2) is 8.67. The van der Waals surface area contributed by atoms with Crippen LogP contribution < -0.4 is 15.3 Å². The Labute approximate surface area is 125 Å². The Morgan fingerprint density at radius 3 is 2.70 bits per heavy atom. The molecule has 0 aliphatic heterocycles. The fraction of sp³-hybridized carbons (Fsp3) is 0.250. The number of rotatable bonds is 7. The summed E-state index contributed by atoms with van der Waals surface area (Å²) in [7, 11) is 6.82. The molecule has 1 aromatic rings. The Morgan fingerprint density at radius 1 is 1.50 bits per heavy atom. The fourth-order valence-corrected chi connectivity index (χ4v) is 2.40. The normalized spacial score (nSPS) is 12.6. The molecule has 0 bridgehead atoms. The Morgan fingerprint density at radius 2 is 2.20 bits per heavy atom. The molecule has 0 aliphatic carbocycles. The number of benzene rings is 1. The SMILES string of the molecule is CC(=O)/C=C\c1c([C@H](CNP)OP)ccc(OP)c1N. The summed E-state index contributed by atoms with van der Waals surface area (Å²) in [5, 5.41) is 2.97. The van der Waals surface area contributed by atoms with Crippen molar-refractivity contribution in [2.75, 3.05) is 12.3 Å². The van der Waals surface area contributed by atoms with Crippen molar-refractivity contribution in [2.24, 2.45) is 0 Å². The van der Waals surface area contributed by atoms with Crippen molar-refractivity contribution in [1.29, 1.82) is 0 Å². The van der Waals surface area contributed by atoms with E-state index >= 15 is 0 Å². The molecule has 0 aliphatic rings. The molecule has 0 saturated heterocycles. The lowest BCUT2D eigenvalue weighted by atomic mass is 9.99. The predicted octanol–water partition coefficient (Wildman–Crippen LogP) is 2.27. The maximum absolute atomic E-state index is 11.1. The predicted molar refractivity (Wildman–Crippen MR) is 92.2 cm³/mol. The average Bonchev–Trinajstić information content (AvgIpc) is 2.43. The van der Waals surface area contributed by atoms with Gasteiger partial charge in [-0.15, -0.1) is 0 Å². The van der Waals surface area contributed by atoms with E-state index in [4.69, 9.17) is 14.8 Å². The van der Waals surface area contributed by atoms with Crippen LogP contribution in [0, 0.1) is 0 Å². The number of nitrogens with one attached hydrogen (secondary N) is 1. The molecule has 0 aromatic heterocycles. The maximum atomic E-state index is 11.1. The largest absolute Gasteiger partial charge is 0.478 e. The minimum atomic E-state index is -0.218. The Kier molecular flexibility index (Phi) is 7.58. The number of allylic oxidation sites excluding steroid dienone is 1. The van der Waals surface area contributed by atoms with Gasteiger partial charge in [0.05, 0.1) is 21.3 Å². The average molecular weight is 332 g/mol. The van der Waals surface area contributed by atoms with Crippen LogP contribution in [-0.4, -0.2) is 12.3 Å². The number of anilines is 1. The summed E-state index contributed by atoms with van der Waals surface area (Å²) < 4.78 is 10.5. The molecule has 0 fully saturated rings. The smallest absolute Gasteiger partial charge is 0.152 e. The van der Waals surface area contributed by atoms with E-state index in [1.807, 2.05) is 6.07 Å². The van der Waals surface area contributed by atoms with E-state index in [0.29, 0.717) is 23.5 Å². The third-order valence-electron chi connectivity index (χ3n) is 2.71. The number of hydrogen-bond acceptors (Lipinski definition) is 5. The zero-order valence-corrected chi connectivity index (χ0v) is 14.6. The quantitative estimate of drug-likeness (QED) is 0.455. The molecule has 0 radical (unpaired) electrons. The van der Waals surface area contributed by atoms with Crippen LogP contribution in [0.25, 0.3) is 6.08 Å². The van der Waals surface area contributed by atoms with Gasteiger partial charge in [-0.3, -0.25) is 9.88 Å². The Balaban J connectivity index is 3.34. The highest BCUT2D eigenvalue weighted by atomic mass is 31.0. The third-order valence-corrected chi connectivity index (χ3v) is 3.53. The van der Waals surface area contributed by atoms with Gasteiger partial charge in [0.2, 0.25) is 0 Å². The molecule has 0 heterocycles. The standard InChI is InChI=1S/C12H19N2O3P3/c1-7(15)2-3-9-8(11(17-20)6-14-18)4-5-10(16-19)12(9)13/h2-5,11,14H,6,13,18-20H2,1H3/b3-2-/t11-/m0/s1. The van der Waals surface area contributed by atoms with Gasteiger partial charge in [-0.05, 0) is 30.7 Å². The van der Waals surface area contributed by atoms with Gasteiger partial charge in [-0.25, -0.2) is 0 Å². The molecule has 1 rings (SSSR count). The van der Waals surface area contributed by atoms with Crippen molar-refractivity contribution in [3.8, 4) is 5.75 Å². The van der Waals surface area contributed by atoms with Crippen LogP contribution in [0.3, 0.4) is 0 Å². The van der Waals surface area contributed by atoms with Crippen molar-refractivity contribution in [2.45, 2.75) is 13.0 Å². The van der Waals surface area contributed by atoms with Crippen molar-refractivity contribution in [1.82, 2.24) is 5.09 Å².